The number of methoxy groups -OCH3 is 1. The molecule has 1 aliphatic rings. The van der Waals surface area contributed by atoms with E-state index in [-0.39, 0.29) is 24.5 Å². The molecular weight excluding hydrogens is 308 g/mol. The van der Waals surface area contributed by atoms with Gasteiger partial charge in [-0.15, -0.1) is 0 Å². The summed E-state index contributed by atoms with van der Waals surface area (Å²) in [5.74, 6) is -0.0929. The number of aryl methyl sites for hydroxylation is 2. The Hall–Kier alpha value is -2.08. The second-order valence-corrected chi connectivity index (χ2v) is 6.40. The molecule has 0 saturated heterocycles. The lowest BCUT2D eigenvalue weighted by Gasteiger charge is -2.42. The van der Waals surface area contributed by atoms with Crippen LogP contribution in [0.5, 0.6) is 5.75 Å². The van der Waals surface area contributed by atoms with Crippen LogP contribution in [0.4, 0.5) is 0 Å². The molecule has 2 rings (SSSR count). The molecule has 0 aliphatic heterocycles. The molecule has 0 radical (unpaired) electrons. The van der Waals surface area contributed by atoms with Crippen LogP contribution in [-0.2, 0) is 4.79 Å². The number of aliphatic carboxylic acids is 1. The Kier molecular flexibility index (Phi) is 5.83. The zero-order valence-electron chi connectivity index (χ0n) is 14.8. The summed E-state index contributed by atoms with van der Waals surface area (Å²) in [5, 5.41) is 11.9. The van der Waals surface area contributed by atoms with Gasteiger partial charge in [0.1, 0.15) is 5.75 Å². The van der Waals surface area contributed by atoms with Gasteiger partial charge in [0.05, 0.1) is 13.7 Å². The molecule has 1 fully saturated rings. The minimum Gasteiger partial charge on any atom is -0.496 e. The third-order valence-corrected chi connectivity index (χ3v) is 4.64. The van der Waals surface area contributed by atoms with Crippen molar-refractivity contribution in [1.29, 1.82) is 0 Å². The first-order valence-electron chi connectivity index (χ1n) is 8.27. The van der Waals surface area contributed by atoms with Gasteiger partial charge >= 0.3 is 5.97 Å². The maximum absolute atomic E-state index is 12.4. The van der Waals surface area contributed by atoms with Gasteiger partial charge in [-0.3, -0.25) is 14.5 Å². The van der Waals surface area contributed by atoms with Crippen molar-refractivity contribution in [1.82, 2.24) is 10.2 Å². The van der Waals surface area contributed by atoms with E-state index in [0.717, 1.165) is 29.7 Å². The number of carbonyl (C=O) groups excluding carboxylic acids is 1. The van der Waals surface area contributed by atoms with E-state index in [0.29, 0.717) is 12.1 Å². The molecule has 0 aromatic heterocycles. The zero-order valence-corrected chi connectivity index (χ0v) is 14.8. The number of nitrogens with zero attached hydrogens (tertiary/aromatic N) is 1. The minimum absolute atomic E-state index is 0.0543. The number of nitrogens with one attached hydrogen (secondary N) is 1. The summed E-state index contributed by atoms with van der Waals surface area (Å²) < 4.78 is 5.32. The number of carboxylic acids is 1. The largest absolute Gasteiger partial charge is 0.496 e. The lowest BCUT2D eigenvalue weighted by molar-refractivity contribution is -0.139. The SMILES string of the molecule is CCN(CC(=O)O)C1CC(NC(=O)c2cc(C)c(OC)c(C)c2)C1. The van der Waals surface area contributed by atoms with Crippen LogP contribution in [-0.4, -0.2) is 54.2 Å². The van der Waals surface area contributed by atoms with Crippen molar-refractivity contribution in [3.05, 3.63) is 28.8 Å². The van der Waals surface area contributed by atoms with Crippen LogP contribution in [0, 0.1) is 13.8 Å². The Morgan fingerprint density at radius 3 is 2.33 bits per heavy atom. The quantitative estimate of drug-likeness (QED) is 0.797. The second-order valence-electron chi connectivity index (χ2n) is 6.40. The van der Waals surface area contributed by atoms with Gasteiger partial charge in [0.2, 0.25) is 0 Å². The lowest BCUT2D eigenvalue weighted by atomic mass is 9.85. The van der Waals surface area contributed by atoms with Gasteiger partial charge in [0, 0.05) is 17.6 Å². The third-order valence-electron chi connectivity index (χ3n) is 4.64. The van der Waals surface area contributed by atoms with Crippen LogP contribution in [0.15, 0.2) is 12.1 Å². The molecule has 132 valence electrons. The van der Waals surface area contributed by atoms with Gasteiger partial charge in [-0.1, -0.05) is 6.92 Å². The van der Waals surface area contributed by atoms with Crippen LogP contribution in [0.1, 0.15) is 41.3 Å². The summed E-state index contributed by atoms with van der Waals surface area (Å²) in [6, 6.07) is 4.00. The van der Waals surface area contributed by atoms with Crippen molar-refractivity contribution in [2.24, 2.45) is 0 Å². The van der Waals surface area contributed by atoms with Crippen molar-refractivity contribution in [2.45, 2.75) is 45.7 Å². The summed E-state index contributed by atoms with van der Waals surface area (Å²) >= 11 is 0. The lowest BCUT2D eigenvalue weighted by Crippen LogP contribution is -2.54. The Balaban J connectivity index is 1.92. The van der Waals surface area contributed by atoms with Crippen LogP contribution in [0.25, 0.3) is 0 Å². The van der Waals surface area contributed by atoms with Gasteiger partial charge in [-0.2, -0.15) is 0 Å². The fourth-order valence-corrected chi connectivity index (χ4v) is 3.35. The first-order chi connectivity index (χ1) is 11.3. The van der Waals surface area contributed by atoms with Crippen molar-refractivity contribution in [3.8, 4) is 5.75 Å². The van der Waals surface area contributed by atoms with E-state index >= 15 is 0 Å². The Morgan fingerprint density at radius 1 is 1.29 bits per heavy atom. The summed E-state index contributed by atoms with van der Waals surface area (Å²) in [6.07, 6.45) is 1.59. The normalized spacial score (nSPS) is 19.7. The molecular formula is C18H26N2O4. The van der Waals surface area contributed by atoms with E-state index < -0.39 is 5.97 Å². The predicted molar refractivity (Wildman–Crippen MR) is 91.6 cm³/mol. The summed E-state index contributed by atoms with van der Waals surface area (Å²) in [5.41, 5.74) is 2.51. The van der Waals surface area contributed by atoms with E-state index in [1.807, 2.05) is 37.8 Å². The Morgan fingerprint density at radius 2 is 1.88 bits per heavy atom. The summed E-state index contributed by atoms with van der Waals surface area (Å²) in [7, 11) is 1.63. The number of hydrogen-bond donors (Lipinski definition) is 2. The number of amides is 1. The maximum atomic E-state index is 12.4. The molecule has 0 heterocycles. The molecule has 2 N–H and O–H groups in total. The molecule has 6 heteroatoms. The number of carboxylic acid groups (broad SMARTS) is 1. The number of benzene rings is 1. The van der Waals surface area contributed by atoms with Gasteiger partial charge in [-0.25, -0.2) is 0 Å². The highest BCUT2D eigenvalue weighted by molar-refractivity contribution is 5.95. The molecule has 1 aromatic rings. The molecule has 24 heavy (non-hydrogen) atoms. The van der Waals surface area contributed by atoms with E-state index in [9.17, 15) is 9.59 Å². The van der Waals surface area contributed by atoms with Gasteiger partial charge in [0.15, 0.2) is 0 Å². The van der Waals surface area contributed by atoms with Gasteiger partial charge < -0.3 is 15.2 Å². The molecule has 6 nitrogen and oxygen atoms in total. The Labute approximate surface area is 142 Å². The fourth-order valence-electron chi connectivity index (χ4n) is 3.35. The summed E-state index contributed by atoms with van der Waals surface area (Å²) in [6.45, 7) is 6.56. The number of ether oxygens (including phenoxy) is 1. The number of hydrogen-bond acceptors (Lipinski definition) is 4. The highest BCUT2D eigenvalue weighted by atomic mass is 16.5. The molecule has 0 bridgehead atoms. The highest BCUT2D eigenvalue weighted by Crippen LogP contribution is 2.27. The first-order valence-corrected chi connectivity index (χ1v) is 8.27. The van der Waals surface area contributed by atoms with Crippen molar-refractivity contribution in [3.63, 3.8) is 0 Å². The van der Waals surface area contributed by atoms with Crippen molar-refractivity contribution >= 4 is 11.9 Å². The molecule has 1 aromatic carbocycles. The molecule has 1 amide bonds. The molecule has 0 atom stereocenters. The van der Waals surface area contributed by atoms with Crippen molar-refractivity contribution in [2.75, 3.05) is 20.2 Å². The number of likely N-dealkylation sites (N-methyl/N-ethyl adjacent to an activating group) is 1. The maximum Gasteiger partial charge on any atom is 0.317 e. The zero-order chi connectivity index (χ0) is 17.9. The van der Waals surface area contributed by atoms with Gasteiger partial charge in [-0.05, 0) is 56.5 Å². The van der Waals surface area contributed by atoms with Crippen LogP contribution >= 0.6 is 0 Å². The van der Waals surface area contributed by atoms with Crippen molar-refractivity contribution < 1.29 is 19.4 Å². The smallest absolute Gasteiger partial charge is 0.317 e. The van der Waals surface area contributed by atoms with E-state index in [2.05, 4.69) is 5.32 Å². The minimum atomic E-state index is -0.812. The third kappa shape index (κ3) is 4.06. The standard InChI is InChI=1S/C18H26N2O4/c1-5-20(10-16(21)22)15-8-14(9-15)19-18(23)13-6-11(2)17(24-4)12(3)7-13/h6-7,14-15H,5,8-10H2,1-4H3,(H,19,23)(H,21,22). The van der Waals surface area contributed by atoms with Gasteiger partial charge in [0.25, 0.3) is 5.91 Å². The van der Waals surface area contributed by atoms with Crippen LogP contribution in [0.3, 0.4) is 0 Å². The average molecular weight is 334 g/mol. The summed E-state index contributed by atoms with van der Waals surface area (Å²) in [4.78, 5) is 25.2. The molecule has 1 aliphatic carbocycles. The monoisotopic (exact) mass is 334 g/mol. The first kappa shape index (κ1) is 18.3. The second kappa shape index (κ2) is 7.66. The average Bonchev–Trinajstić information content (AvgIpc) is 2.47. The Bertz CT molecular complexity index is 600. The van der Waals surface area contributed by atoms with E-state index in [1.165, 1.54) is 0 Å². The number of rotatable bonds is 7. The predicted octanol–water partition coefficient (Wildman–Crippen LogP) is 1.98. The molecule has 0 spiro atoms. The number of carbonyl (C=O) groups is 2. The highest BCUT2D eigenvalue weighted by Gasteiger charge is 2.34. The van der Waals surface area contributed by atoms with E-state index in [1.54, 1.807) is 7.11 Å². The van der Waals surface area contributed by atoms with Crippen LogP contribution in [0.2, 0.25) is 0 Å². The molecule has 0 unspecified atom stereocenters. The fraction of sp³-hybridized carbons (Fsp3) is 0.556. The topological polar surface area (TPSA) is 78.9 Å². The van der Waals surface area contributed by atoms with Crippen LogP contribution < -0.4 is 10.1 Å². The molecule has 1 saturated carbocycles. The van der Waals surface area contributed by atoms with E-state index in [4.69, 9.17) is 9.84 Å².